The van der Waals surface area contributed by atoms with Gasteiger partial charge in [-0.3, -0.25) is 0 Å². The quantitative estimate of drug-likeness (QED) is 0.450. The molecule has 0 radical (unpaired) electrons. The normalized spacial score (nSPS) is 23.7. The van der Waals surface area contributed by atoms with E-state index in [4.69, 9.17) is 0 Å². The molecule has 0 aromatic heterocycles. The van der Waals surface area contributed by atoms with Crippen LogP contribution in [0.1, 0.15) is 84.1 Å². The van der Waals surface area contributed by atoms with Gasteiger partial charge in [-0.25, -0.2) is 0 Å². The van der Waals surface area contributed by atoms with E-state index in [1.165, 1.54) is 39.4 Å². The van der Waals surface area contributed by atoms with Crippen molar-refractivity contribution < 1.29 is 0 Å². The van der Waals surface area contributed by atoms with Gasteiger partial charge in [-0.15, -0.1) is 0 Å². The van der Waals surface area contributed by atoms with E-state index in [2.05, 4.69) is 107 Å². The Kier molecular flexibility index (Phi) is 9.93. The second-order valence-electron chi connectivity index (χ2n) is 10.6. The Balaban J connectivity index is 0.000000242. The van der Waals surface area contributed by atoms with Crippen LogP contribution in [0.15, 0.2) is 24.3 Å². The molecule has 0 aliphatic heterocycles. The summed E-state index contributed by atoms with van der Waals surface area (Å²) < 4.78 is 0. The first kappa shape index (κ1) is 25.7. The number of aryl methyl sites for hydroxylation is 4. The SMILES string of the molecule is CC(C)C(C)C.CC1CC(C)C(C)C1C.Cc1cc2cc(C)c(C)cc2cc1C. The highest BCUT2D eigenvalue weighted by atomic mass is 14.4. The lowest BCUT2D eigenvalue weighted by Crippen LogP contribution is -2.07. The molecule has 164 valence electrons. The first-order valence-corrected chi connectivity index (χ1v) is 11.8. The third-order valence-electron chi connectivity index (χ3n) is 7.77. The minimum atomic E-state index is 0.852. The Morgan fingerprint density at radius 2 is 0.793 bits per heavy atom. The monoisotopic (exact) mass is 396 g/mol. The van der Waals surface area contributed by atoms with E-state index in [1.807, 2.05) is 0 Å². The standard InChI is InChI=1S/C14H16.C9H18.C6H14/c1-9-5-13-7-11(3)12(4)8-14(13)6-10(9)2;1-6-5-7(2)9(4)8(6)3;1-5(2)6(3)4/h5-8H,1-4H3;6-9H,5H2,1-4H3;5-6H,1-4H3. The zero-order valence-corrected chi connectivity index (χ0v) is 21.5. The van der Waals surface area contributed by atoms with E-state index in [0.717, 1.165) is 35.5 Å². The average Bonchev–Trinajstić information content (AvgIpc) is 2.85. The molecule has 1 fully saturated rings. The summed E-state index contributed by atoms with van der Waals surface area (Å²) in [6, 6.07) is 9.10. The molecule has 0 amide bonds. The van der Waals surface area contributed by atoms with E-state index in [1.54, 1.807) is 0 Å². The Labute approximate surface area is 182 Å². The van der Waals surface area contributed by atoms with Crippen molar-refractivity contribution in [2.75, 3.05) is 0 Å². The van der Waals surface area contributed by atoms with E-state index in [-0.39, 0.29) is 0 Å². The highest BCUT2D eigenvalue weighted by molar-refractivity contribution is 5.85. The molecule has 29 heavy (non-hydrogen) atoms. The zero-order valence-electron chi connectivity index (χ0n) is 21.5. The fourth-order valence-corrected chi connectivity index (χ4v) is 3.86. The Morgan fingerprint density at radius 1 is 0.552 bits per heavy atom. The molecule has 0 heterocycles. The van der Waals surface area contributed by atoms with Crippen molar-refractivity contribution in [3.05, 3.63) is 46.5 Å². The van der Waals surface area contributed by atoms with Crippen LogP contribution in [-0.4, -0.2) is 0 Å². The number of rotatable bonds is 1. The number of hydrogen-bond acceptors (Lipinski definition) is 0. The molecule has 1 aliphatic carbocycles. The maximum absolute atomic E-state index is 2.39. The summed E-state index contributed by atoms with van der Waals surface area (Å²) in [6.07, 6.45) is 1.45. The number of hydrogen-bond donors (Lipinski definition) is 0. The van der Waals surface area contributed by atoms with Crippen LogP contribution in [0.3, 0.4) is 0 Å². The minimum Gasteiger partial charge on any atom is -0.0625 e. The van der Waals surface area contributed by atoms with Crippen molar-refractivity contribution in [2.24, 2.45) is 35.5 Å². The largest absolute Gasteiger partial charge is 0.0625 e. The van der Waals surface area contributed by atoms with Crippen molar-refractivity contribution in [2.45, 2.75) is 89.5 Å². The van der Waals surface area contributed by atoms with Crippen LogP contribution in [-0.2, 0) is 0 Å². The van der Waals surface area contributed by atoms with Gasteiger partial charge in [0.05, 0.1) is 0 Å². The lowest BCUT2D eigenvalue weighted by molar-refractivity contribution is 0.352. The molecule has 2 aromatic rings. The van der Waals surface area contributed by atoms with Crippen LogP contribution in [0.4, 0.5) is 0 Å². The zero-order chi connectivity index (χ0) is 22.5. The molecule has 2 aromatic carbocycles. The lowest BCUT2D eigenvalue weighted by Gasteiger charge is -2.14. The molecular formula is C29H48. The van der Waals surface area contributed by atoms with Crippen molar-refractivity contribution in [3.8, 4) is 0 Å². The van der Waals surface area contributed by atoms with Crippen LogP contribution in [0.5, 0.6) is 0 Å². The molecule has 4 atom stereocenters. The molecule has 0 nitrogen and oxygen atoms in total. The summed E-state index contributed by atoms with van der Waals surface area (Å²) in [6.45, 7) is 27.2. The van der Waals surface area contributed by atoms with Crippen molar-refractivity contribution >= 4 is 10.8 Å². The predicted octanol–water partition coefficient (Wildman–Crippen LogP) is 9.31. The molecule has 3 rings (SSSR count). The average molecular weight is 397 g/mol. The third-order valence-corrected chi connectivity index (χ3v) is 7.77. The third kappa shape index (κ3) is 7.47. The van der Waals surface area contributed by atoms with Crippen molar-refractivity contribution in [3.63, 3.8) is 0 Å². The highest BCUT2D eigenvalue weighted by Gasteiger charge is 2.31. The van der Waals surface area contributed by atoms with E-state index in [9.17, 15) is 0 Å². The predicted molar refractivity (Wildman–Crippen MR) is 134 cm³/mol. The fraction of sp³-hybridized carbons (Fsp3) is 0.655. The number of benzene rings is 2. The smallest absolute Gasteiger partial charge is 0.0178 e. The van der Waals surface area contributed by atoms with Crippen molar-refractivity contribution in [1.82, 2.24) is 0 Å². The van der Waals surface area contributed by atoms with Gasteiger partial charge in [0.15, 0.2) is 0 Å². The van der Waals surface area contributed by atoms with Crippen LogP contribution in [0, 0.1) is 63.2 Å². The molecule has 0 N–H and O–H groups in total. The highest BCUT2D eigenvalue weighted by Crippen LogP contribution is 2.40. The van der Waals surface area contributed by atoms with Crippen LogP contribution in [0.25, 0.3) is 10.8 Å². The lowest BCUT2D eigenvalue weighted by atomic mass is 9.92. The second kappa shape index (κ2) is 11.2. The minimum absolute atomic E-state index is 0.852. The summed E-state index contributed by atoms with van der Waals surface area (Å²) >= 11 is 0. The molecule has 0 bridgehead atoms. The van der Waals surface area contributed by atoms with Crippen LogP contribution >= 0.6 is 0 Å². The first-order valence-electron chi connectivity index (χ1n) is 11.8. The van der Waals surface area contributed by atoms with Gasteiger partial charge >= 0.3 is 0 Å². The maximum Gasteiger partial charge on any atom is -0.0178 e. The van der Waals surface area contributed by atoms with E-state index < -0.39 is 0 Å². The van der Waals surface area contributed by atoms with Gasteiger partial charge in [0.25, 0.3) is 0 Å². The first-order chi connectivity index (χ1) is 13.3. The summed E-state index contributed by atoms with van der Waals surface area (Å²) in [5.74, 6) is 5.56. The van der Waals surface area contributed by atoms with E-state index >= 15 is 0 Å². The molecule has 4 unspecified atom stereocenters. The Bertz CT molecular complexity index is 658. The summed E-state index contributed by atoms with van der Waals surface area (Å²) in [5, 5.41) is 2.72. The Hall–Kier alpha value is -1.30. The summed E-state index contributed by atoms with van der Waals surface area (Å²) in [4.78, 5) is 0. The van der Waals surface area contributed by atoms with Gasteiger partial charge in [0, 0.05) is 0 Å². The molecular weight excluding hydrogens is 348 g/mol. The Morgan fingerprint density at radius 3 is 0.931 bits per heavy atom. The van der Waals surface area contributed by atoms with Gasteiger partial charge in [0.2, 0.25) is 0 Å². The van der Waals surface area contributed by atoms with Gasteiger partial charge in [-0.2, -0.15) is 0 Å². The number of fused-ring (bicyclic) bond motifs is 1. The van der Waals surface area contributed by atoms with Gasteiger partial charge < -0.3 is 0 Å². The molecule has 0 saturated heterocycles. The molecule has 1 aliphatic rings. The second-order valence-corrected chi connectivity index (χ2v) is 10.6. The summed E-state index contributed by atoms with van der Waals surface area (Å²) in [7, 11) is 0. The topological polar surface area (TPSA) is 0 Å². The summed E-state index contributed by atoms with van der Waals surface area (Å²) in [5.41, 5.74) is 5.50. The van der Waals surface area contributed by atoms with E-state index in [0.29, 0.717) is 0 Å². The molecule has 0 heteroatoms. The van der Waals surface area contributed by atoms with Crippen LogP contribution < -0.4 is 0 Å². The molecule has 1 saturated carbocycles. The maximum atomic E-state index is 2.39. The van der Waals surface area contributed by atoms with Crippen molar-refractivity contribution in [1.29, 1.82) is 0 Å². The van der Waals surface area contributed by atoms with Crippen LogP contribution in [0.2, 0.25) is 0 Å². The fourth-order valence-electron chi connectivity index (χ4n) is 3.86. The molecule has 0 spiro atoms. The van der Waals surface area contributed by atoms with Gasteiger partial charge in [-0.05, 0) is 103 Å². The van der Waals surface area contributed by atoms with Gasteiger partial charge in [0.1, 0.15) is 0 Å². The van der Waals surface area contributed by atoms with Gasteiger partial charge in [-0.1, -0.05) is 79.7 Å².